The summed E-state index contributed by atoms with van der Waals surface area (Å²) in [7, 11) is 0. The van der Waals surface area contributed by atoms with Crippen molar-refractivity contribution in [2.24, 2.45) is 0 Å². The molecule has 10 nitrogen and oxygen atoms in total. The molecule has 0 unspecified atom stereocenters. The van der Waals surface area contributed by atoms with Crippen molar-refractivity contribution in [2.75, 3.05) is 43.4 Å². The third kappa shape index (κ3) is 4.67. The van der Waals surface area contributed by atoms with Gasteiger partial charge in [0.2, 0.25) is 11.8 Å². The van der Waals surface area contributed by atoms with Crippen LogP contribution in [0.3, 0.4) is 0 Å². The standard InChI is InChI=1S/C23H23ClFN7O3/c1-3-17(33)31-7-9-32(10-8-31)21-13-5-6-28-22(19(13)29-23(30-21)34-4-2)35-20-14(12-26)16(27)11-15(25)18(20)24/h3,5-6,11-12,26H,1,4,7-10,27H2,2H3. The highest BCUT2D eigenvalue weighted by Gasteiger charge is 2.25. The van der Waals surface area contributed by atoms with E-state index in [2.05, 4.69) is 21.5 Å². The number of nitrogens with two attached hydrogens (primary N) is 1. The first-order valence-corrected chi connectivity index (χ1v) is 11.2. The third-order valence-electron chi connectivity index (χ3n) is 5.47. The summed E-state index contributed by atoms with van der Waals surface area (Å²) in [4.78, 5) is 29.0. The highest BCUT2D eigenvalue weighted by molar-refractivity contribution is 6.33. The van der Waals surface area contributed by atoms with Crippen LogP contribution in [0, 0.1) is 11.2 Å². The Balaban J connectivity index is 1.80. The average molecular weight is 500 g/mol. The van der Waals surface area contributed by atoms with Crippen molar-refractivity contribution < 1.29 is 18.7 Å². The second kappa shape index (κ2) is 10.1. The topological polar surface area (TPSA) is 131 Å². The van der Waals surface area contributed by atoms with Crippen LogP contribution in [0.2, 0.25) is 5.02 Å². The molecule has 1 saturated heterocycles. The summed E-state index contributed by atoms with van der Waals surface area (Å²) in [6.45, 7) is 7.72. The van der Waals surface area contributed by atoms with Crippen LogP contribution in [0.1, 0.15) is 12.5 Å². The molecule has 35 heavy (non-hydrogen) atoms. The van der Waals surface area contributed by atoms with Gasteiger partial charge < -0.3 is 30.4 Å². The van der Waals surface area contributed by atoms with E-state index < -0.39 is 5.82 Å². The molecule has 1 amide bonds. The van der Waals surface area contributed by atoms with Gasteiger partial charge in [-0.3, -0.25) is 4.79 Å². The molecule has 1 aromatic carbocycles. The number of aromatic nitrogens is 3. The number of halogens is 2. The van der Waals surface area contributed by atoms with Gasteiger partial charge in [-0.05, 0) is 25.1 Å². The number of nitrogens with zero attached hydrogens (tertiary/aromatic N) is 5. The zero-order valence-corrected chi connectivity index (χ0v) is 19.7. The fourth-order valence-electron chi connectivity index (χ4n) is 3.75. The van der Waals surface area contributed by atoms with Crippen LogP contribution < -0.4 is 20.1 Å². The molecule has 0 radical (unpaired) electrons. The molecule has 12 heteroatoms. The molecular formula is C23H23ClFN7O3. The summed E-state index contributed by atoms with van der Waals surface area (Å²) in [5.74, 6) is -0.465. The monoisotopic (exact) mass is 499 g/mol. The Labute approximate surface area is 205 Å². The summed E-state index contributed by atoms with van der Waals surface area (Å²) in [6, 6.07) is 2.86. The van der Waals surface area contributed by atoms with Crippen molar-refractivity contribution in [3.63, 3.8) is 0 Å². The van der Waals surface area contributed by atoms with Gasteiger partial charge in [-0.2, -0.15) is 9.97 Å². The van der Waals surface area contributed by atoms with E-state index in [1.165, 1.54) is 12.3 Å². The number of carbonyl (C=O) groups excluding carboxylic acids is 1. The maximum atomic E-state index is 14.3. The predicted molar refractivity (Wildman–Crippen MR) is 131 cm³/mol. The number of benzene rings is 1. The Morgan fingerprint density at radius 3 is 2.74 bits per heavy atom. The predicted octanol–water partition coefficient (Wildman–Crippen LogP) is 3.42. The zero-order chi connectivity index (χ0) is 25.1. The van der Waals surface area contributed by atoms with Crippen LogP contribution in [0.25, 0.3) is 10.9 Å². The smallest absolute Gasteiger partial charge is 0.319 e. The highest BCUT2D eigenvalue weighted by Crippen LogP contribution is 2.39. The summed E-state index contributed by atoms with van der Waals surface area (Å²) < 4.78 is 25.8. The van der Waals surface area contributed by atoms with Crippen LogP contribution in [-0.4, -0.2) is 64.8 Å². The van der Waals surface area contributed by atoms with Crippen molar-refractivity contribution in [1.82, 2.24) is 19.9 Å². The molecule has 182 valence electrons. The lowest BCUT2D eigenvalue weighted by Crippen LogP contribution is -2.48. The number of amides is 1. The first kappa shape index (κ1) is 24.1. The molecule has 4 rings (SSSR count). The molecule has 3 N–H and O–H groups in total. The van der Waals surface area contributed by atoms with E-state index >= 15 is 0 Å². The molecule has 0 spiro atoms. The van der Waals surface area contributed by atoms with Crippen LogP contribution in [-0.2, 0) is 4.79 Å². The molecular weight excluding hydrogens is 477 g/mol. The highest BCUT2D eigenvalue weighted by atomic mass is 35.5. The first-order chi connectivity index (χ1) is 16.9. The maximum Gasteiger partial charge on any atom is 0.319 e. The second-order valence-corrected chi connectivity index (χ2v) is 7.92. The lowest BCUT2D eigenvalue weighted by Gasteiger charge is -2.35. The lowest BCUT2D eigenvalue weighted by atomic mass is 10.1. The number of piperazine rings is 1. The Bertz CT molecular complexity index is 1310. The van der Waals surface area contributed by atoms with Gasteiger partial charge in [-0.1, -0.05) is 18.2 Å². The summed E-state index contributed by atoms with van der Waals surface area (Å²) in [6.07, 6.45) is 3.73. The fraction of sp³-hybridized carbons (Fsp3) is 0.261. The fourth-order valence-corrected chi connectivity index (χ4v) is 3.95. The van der Waals surface area contributed by atoms with Crippen molar-refractivity contribution in [2.45, 2.75) is 6.92 Å². The first-order valence-electron chi connectivity index (χ1n) is 10.8. The zero-order valence-electron chi connectivity index (χ0n) is 18.9. The van der Waals surface area contributed by atoms with Gasteiger partial charge in [0.05, 0.1) is 17.6 Å². The largest absolute Gasteiger partial charge is 0.464 e. The van der Waals surface area contributed by atoms with E-state index in [0.29, 0.717) is 49.5 Å². The quantitative estimate of drug-likeness (QED) is 0.287. The molecule has 3 aromatic rings. The second-order valence-electron chi connectivity index (χ2n) is 7.54. The minimum absolute atomic E-state index is 0.00519. The van der Waals surface area contributed by atoms with Gasteiger partial charge in [-0.15, -0.1) is 0 Å². The summed E-state index contributed by atoms with van der Waals surface area (Å²) >= 11 is 6.14. The molecule has 0 atom stereocenters. The van der Waals surface area contributed by atoms with E-state index in [4.69, 9.17) is 32.2 Å². The lowest BCUT2D eigenvalue weighted by molar-refractivity contribution is -0.126. The number of hydrogen-bond acceptors (Lipinski definition) is 9. The van der Waals surface area contributed by atoms with Gasteiger partial charge in [0.25, 0.3) is 0 Å². The normalized spacial score (nSPS) is 13.6. The Morgan fingerprint density at radius 1 is 1.34 bits per heavy atom. The molecule has 3 heterocycles. The maximum absolute atomic E-state index is 14.3. The number of anilines is 2. The SMILES string of the molecule is C=CC(=O)N1CCN(c2nc(OCC)nc3c(Oc4c(Cl)c(F)cc(N)c4C=N)nccc23)CC1. The van der Waals surface area contributed by atoms with Crippen molar-refractivity contribution in [3.8, 4) is 17.6 Å². The van der Waals surface area contributed by atoms with E-state index in [-0.39, 0.29) is 39.8 Å². The number of ether oxygens (including phenoxy) is 2. The number of pyridine rings is 1. The van der Waals surface area contributed by atoms with Gasteiger partial charge in [0.15, 0.2) is 5.75 Å². The molecule has 1 fully saturated rings. The third-order valence-corrected chi connectivity index (χ3v) is 5.82. The van der Waals surface area contributed by atoms with E-state index in [1.807, 2.05) is 4.90 Å². The van der Waals surface area contributed by atoms with Crippen LogP contribution in [0.4, 0.5) is 15.9 Å². The van der Waals surface area contributed by atoms with Crippen molar-refractivity contribution >= 4 is 46.1 Å². The van der Waals surface area contributed by atoms with E-state index in [1.54, 1.807) is 17.9 Å². The molecule has 0 bridgehead atoms. The van der Waals surface area contributed by atoms with Gasteiger partial charge in [0.1, 0.15) is 22.2 Å². The molecule has 2 aromatic heterocycles. The van der Waals surface area contributed by atoms with Crippen molar-refractivity contribution in [3.05, 3.63) is 47.4 Å². The number of hydrogen-bond donors (Lipinski definition) is 2. The minimum Gasteiger partial charge on any atom is -0.464 e. The number of carbonyl (C=O) groups is 1. The Kier molecular flexibility index (Phi) is 6.97. The van der Waals surface area contributed by atoms with Gasteiger partial charge >= 0.3 is 6.01 Å². The molecule has 1 aliphatic heterocycles. The van der Waals surface area contributed by atoms with E-state index in [0.717, 1.165) is 12.3 Å². The number of fused-ring (bicyclic) bond motifs is 1. The summed E-state index contributed by atoms with van der Waals surface area (Å²) in [5, 5.41) is 7.94. The van der Waals surface area contributed by atoms with Crippen molar-refractivity contribution in [1.29, 1.82) is 5.41 Å². The van der Waals surface area contributed by atoms with Gasteiger partial charge in [-0.25, -0.2) is 9.37 Å². The van der Waals surface area contributed by atoms with E-state index in [9.17, 15) is 9.18 Å². The van der Waals surface area contributed by atoms with Gasteiger partial charge in [0, 0.05) is 44.3 Å². The Hall–Kier alpha value is -3.99. The average Bonchev–Trinajstić information content (AvgIpc) is 2.87. The number of rotatable bonds is 7. The molecule has 0 saturated carbocycles. The molecule has 0 aliphatic carbocycles. The summed E-state index contributed by atoms with van der Waals surface area (Å²) in [5.41, 5.74) is 6.27. The molecule has 1 aliphatic rings. The van der Waals surface area contributed by atoms with Crippen LogP contribution in [0.5, 0.6) is 17.6 Å². The van der Waals surface area contributed by atoms with Crippen LogP contribution >= 0.6 is 11.6 Å². The van der Waals surface area contributed by atoms with Crippen LogP contribution in [0.15, 0.2) is 31.0 Å². The minimum atomic E-state index is -0.790. The Morgan fingerprint density at radius 2 is 2.09 bits per heavy atom. The number of nitrogen functional groups attached to an aromatic ring is 1. The number of nitrogens with one attached hydrogen (secondary N) is 1.